The van der Waals surface area contributed by atoms with Gasteiger partial charge in [-0.15, -0.1) is 0 Å². The number of fused-ring (bicyclic) bond motifs is 1. The standard InChI is InChI=1S/C13H16F3NO/c1-2-17-12(13(14,15)16)10-7-3-5-9-6-4-8-18-11(9)10/h3,5,7,12,17H,2,4,6,8H2,1H3. The quantitative estimate of drug-likeness (QED) is 0.899. The summed E-state index contributed by atoms with van der Waals surface area (Å²) in [6.07, 6.45) is -2.68. The molecule has 1 N–H and O–H groups in total. The van der Waals surface area contributed by atoms with Gasteiger partial charge in [-0.25, -0.2) is 0 Å². The molecule has 0 saturated heterocycles. The maximum Gasteiger partial charge on any atom is 0.408 e. The fraction of sp³-hybridized carbons (Fsp3) is 0.538. The number of benzene rings is 1. The lowest BCUT2D eigenvalue weighted by Gasteiger charge is -2.27. The second-order valence-corrected chi connectivity index (χ2v) is 4.32. The molecule has 0 aromatic heterocycles. The van der Waals surface area contributed by atoms with E-state index >= 15 is 0 Å². The Bertz CT molecular complexity index is 417. The van der Waals surface area contributed by atoms with Crippen LogP contribution in [0.15, 0.2) is 18.2 Å². The predicted octanol–water partition coefficient (Wildman–Crippen LogP) is 3.22. The minimum Gasteiger partial charge on any atom is -0.493 e. The maximum atomic E-state index is 13.0. The molecule has 1 aliphatic heterocycles. The monoisotopic (exact) mass is 259 g/mol. The highest BCUT2D eigenvalue weighted by Crippen LogP contribution is 2.40. The minimum absolute atomic E-state index is 0.196. The van der Waals surface area contributed by atoms with Crippen LogP contribution in [0.4, 0.5) is 13.2 Å². The van der Waals surface area contributed by atoms with Gasteiger partial charge in [0.2, 0.25) is 0 Å². The summed E-state index contributed by atoms with van der Waals surface area (Å²) in [5, 5.41) is 2.48. The van der Waals surface area contributed by atoms with Gasteiger partial charge in [-0.1, -0.05) is 25.1 Å². The van der Waals surface area contributed by atoms with Crippen molar-refractivity contribution >= 4 is 0 Å². The summed E-state index contributed by atoms with van der Waals surface area (Å²) in [6, 6.07) is 3.33. The molecule has 18 heavy (non-hydrogen) atoms. The lowest BCUT2D eigenvalue weighted by atomic mass is 9.97. The van der Waals surface area contributed by atoms with Gasteiger partial charge in [0.25, 0.3) is 0 Å². The van der Waals surface area contributed by atoms with E-state index < -0.39 is 12.2 Å². The first-order valence-corrected chi connectivity index (χ1v) is 6.08. The van der Waals surface area contributed by atoms with E-state index in [0.29, 0.717) is 12.4 Å². The summed E-state index contributed by atoms with van der Waals surface area (Å²) in [5.74, 6) is 0.409. The van der Waals surface area contributed by atoms with Crippen molar-refractivity contribution in [1.29, 1.82) is 0 Å². The zero-order valence-corrected chi connectivity index (χ0v) is 10.2. The van der Waals surface area contributed by atoms with Gasteiger partial charge >= 0.3 is 6.18 Å². The van der Waals surface area contributed by atoms with Gasteiger partial charge in [-0.05, 0) is 24.9 Å². The lowest BCUT2D eigenvalue weighted by molar-refractivity contribution is -0.157. The summed E-state index contributed by atoms with van der Waals surface area (Å²) < 4.78 is 44.6. The average molecular weight is 259 g/mol. The third-order valence-corrected chi connectivity index (χ3v) is 3.01. The van der Waals surface area contributed by atoms with Gasteiger partial charge in [0, 0.05) is 5.56 Å². The van der Waals surface area contributed by atoms with Crippen molar-refractivity contribution in [2.45, 2.75) is 32.0 Å². The molecule has 100 valence electrons. The Hall–Kier alpha value is -1.23. The molecule has 0 bridgehead atoms. The molecule has 1 unspecified atom stereocenters. The van der Waals surface area contributed by atoms with E-state index in [0.717, 1.165) is 18.4 Å². The Kier molecular flexibility index (Phi) is 3.80. The molecule has 1 heterocycles. The second-order valence-electron chi connectivity index (χ2n) is 4.32. The van der Waals surface area contributed by atoms with Gasteiger partial charge in [0.05, 0.1) is 6.61 Å². The molecule has 1 atom stereocenters. The molecule has 0 aliphatic carbocycles. The van der Waals surface area contributed by atoms with E-state index in [4.69, 9.17) is 4.74 Å². The van der Waals surface area contributed by atoms with Crippen LogP contribution < -0.4 is 10.1 Å². The zero-order valence-electron chi connectivity index (χ0n) is 10.2. The minimum atomic E-state index is -4.31. The molecule has 1 aromatic carbocycles. The third kappa shape index (κ3) is 2.61. The number of ether oxygens (including phenoxy) is 1. The number of alkyl halides is 3. The van der Waals surface area contributed by atoms with Crippen LogP contribution in [0.25, 0.3) is 0 Å². The molecule has 0 fully saturated rings. The molecule has 1 aromatic rings. The van der Waals surface area contributed by atoms with Crippen LogP contribution in [0.3, 0.4) is 0 Å². The number of nitrogens with one attached hydrogen (secondary N) is 1. The van der Waals surface area contributed by atoms with Gasteiger partial charge < -0.3 is 10.1 Å². The zero-order chi connectivity index (χ0) is 13.2. The number of hydrogen-bond donors (Lipinski definition) is 1. The summed E-state index contributed by atoms with van der Waals surface area (Å²) in [5.41, 5.74) is 1.06. The first-order chi connectivity index (χ1) is 8.54. The van der Waals surface area contributed by atoms with Crippen LogP contribution in [-0.4, -0.2) is 19.3 Å². The van der Waals surface area contributed by atoms with Crippen molar-refractivity contribution < 1.29 is 17.9 Å². The Morgan fingerprint density at radius 3 is 2.83 bits per heavy atom. The summed E-state index contributed by atoms with van der Waals surface area (Å²) in [7, 11) is 0. The molecule has 0 saturated carbocycles. The highest BCUT2D eigenvalue weighted by molar-refractivity contribution is 5.45. The Morgan fingerprint density at radius 1 is 1.39 bits per heavy atom. The number of hydrogen-bond acceptors (Lipinski definition) is 2. The number of halogens is 3. The van der Waals surface area contributed by atoms with Gasteiger partial charge in [0.1, 0.15) is 11.8 Å². The fourth-order valence-electron chi connectivity index (χ4n) is 2.25. The van der Waals surface area contributed by atoms with Crippen LogP contribution in [0.2, 0.25) is 0 Å². The highest BCUT2D eigenvalue weighted by Gasteiger charge is 2.42. The van der Waals surface area contributed by atoms with Crippen LogP contribution in [0.5, 0.6) is 5.75 Å². The van der Waals surface area contributed by atoms with Crippen LogP contribution in [0.1, 0.15) is 30.5 Å². The molecule has 0 spiro atoms. The smallest absolute Gasteiger partial charge is 0.408 e. The normalized spacial score (nSPS) is 16.9. The molecular weight excluding hydrogens is 243 g/mol. The van der Waals surface area contributed by atoms with Crippen molar-refractivity contribution in [3.8, 4) is 5.75 Å². The summed E-state index contributed by atoms with van der Waals surface area (Å²) in [4.78, 5) is 0. The van der Waals surface area contributed by atoms with Gasteiger partial charge in [0.15, 0.2) is 0 Å². The Labute approximate surface area is 104 Å². The van der Waals surface area contributed by atoms with Crippen molar-refractivity contribution in [1.82, 2.24) is 5.32 Å². The number of aryl methyl sites for hydroxylation is 1. The maximum absolute atomic E-state index is 13.0. The molecule has 2 rings (SSSR count). The first kappa shape index (κ1) is 13.2. The van der Waals surface area contributed by atoms with Crippen molar-refractivity contribution in [2.75, 3.05) is 13.2 Å². The topological polar surface area (TPSA) is 21.3 Å². The fourth-order valence-corrected chi connectivity index (χ4v) is 2.25. The van der Waals surface area contributed by atoms with Gasteiger partial charge in [-0.3, -0.25) is 0 Å². The van der Waals surface area contributed by atoms with Crippen molar-refractivity contribution in [3.05, 3.63) is 29.3 Å². The predicted molar refractivity (Wildman–Crippen MR) is 62.7 cm³/mol. The van der Waals surface area contributed by atoms with Crippen molar-refractivity contribution in [3.63, 3.8) is 0 Å². The van der Waals surface area contributed by atoms with E-state index in [9.17, 15) is 13.2 Å². The van der Waals surface area contributed by atoms with Crippen LogP contribution in [0, 0.1) is 0 Å². The molecule has 2 nitrogen and oxygen atoms in total. The SMILES string of the molecule is CCNC(c1cccc2c1OCCC2)C(F)(F)F. The molecule has 1 aliphatic rings. The van der Waals surface area contributed by atoms with E-state index in [-0.39, 0.29) is 12.1 Å². The van der Waals surface area contributed by atoms with Crippen LogP contribution >= 0.6 is 0 Å². The summed E-state index contributed by atoms with van der Waals surface area (Å²) >= 11 is 0. The molecule has 0 amide bonds. The van der Waals surface area contributed by atoms with Gasteiger partial charge in [-0.2, -0.15) is 13.2 Å². The van der Waals surface area contributed by atoms with E-state index in [1.54, 1.807) is 13.0 Å². The van der Waals surface area contributed by atoms with Crippen LogP contribution in [-0.2, 0) is 6.42 Å². The molecule has 0 radical (unpaired) electrons. The third-order valence-electron chi connectivity index (χ3n) is 3.01. The molecule has 5 heteroatoms. The van der Waals surface area contributed by atoms with E-state index in [2.05, 4.69) is 5.32 Å². The second kappa shape index (κ2) is 5.18. The lowest BCUT2D eigenvalue weighted by Crippen LogP contribution is -2.34. The molecular formula is C13H16F3NO. The highest BCUT2D eigenvalue weighted by atomic mass is 19.4. The summed E-state index contributed by atoms with van der Waals surface area (Å²) in [6.45, 7) is 2.41. The number of rotatable bonds is 3. The van der Waals surface area contributed by atoms with Crippen molar-refractivity contribution in [2.24, 2.45) is 0 Å². The first-order valence-electron chi connectivity index (χ1n) is 6.08. The Morgan fingerprint density at radius 2 is 2.17 bits per heavy atom. The number of para-hydroxylation sites is 1. The van der Waals surface area contributed by atoms with E-state index in [1.165, 1.54) is 6.07 Å². The average Bonchev–Trinajstić information content (AvgIpc) is 2.34. The Balaban J connectivity index is 2.41. The van der Waals surface area contributed by atoms with E-state index in [1.807, 2.05) is 6.07 Å². The largest absolute Gasteiger partial charge is 0.493 e.